The Bertz CT molecular complexity index is 254. The number of carboxylic acid groups (broad SMARTS) is 1. The number of aliphatic hydroxyl groups is 2. The van der Waals surface area contributed by atoms with Gasteiger partial charge in [0.1, 0.15) is 6.61 Å². The number of hydrogen-bond donors (Lipinski definition) is 4. The van der Waals surface area contributed by atoms with Crippen LogP contribution in [0.25, 0.3) is 0 Å². The topological polar surface area (TPSA) is 116 Å². The molecular formula is C9H15NO6. The van der Waals surface area contributed by atoms with Crippen molar-refractivity contribution in [2.24, 2.45) is 0 Å². The second kappa shape index (κ2) is 7.66. The molecule has 7 nitrogen and oxygen atoms in total. The molecule has 0 bridgehead atoms. The molecule has 16 heavy (non-hydrogen) atoms. The molecule has 0 saturated heterocycles. The zero-order valence-electron chi connectivity index (χ0n) is 8.63. The van der Waals surface area contributed by atoms with E-state index in [0.29, 0.717) is 0 Å². The smallest absolute Gasteiger partial charge is 0.407 e. The number of alkyl carbamates (subject to hydrolysis) is 1. The number of hydrogen-bond acceptors (Lipinski definition) is 5. The molecule has 0 aromatic heterocycles. The molecule has 0 aromatic rings. The molecule has 2 unspecified atom stereocenters. The van der Waals surface area contributed by atoms with E-state index in [-0.39, 0.29) is 6.61 Å². The third-order valence-electron chi connectivity index (χ3n) is 1.68. The van der Waals surface area contributed by atoms with Gasteiger partial charge in [-0.25, -0.2) is 4.79 Å². The van der Waals surface area contributed by atoms with Gasteiger partial charge in [-0.05, 0) is 0 Å². The van der Waals surface area contributed by atoms with Gasteiger partial charge in [0, 0.05) is 0 Å². The second-order valence-electron chi connectivity index (χ2n) is 2.99. The van der Waals surface area contributed by atoms with Crippen molar-refractivity contribution in [3.63, 3.8) is 0 Å². The number of carbonyl (C=O) groups is 2. The highest BCUT2D eigenvalue weighted by Gasteiger charge is 2.23. The summed E-state index contributed by atoms with van der Waals surface area (Å²) in [6, 6.07) is -1.10. The Kier molecular flexibility index (Phi) is 6.89. The maximum absolute atomic E-state index is 11.0. The highest BCUT2D eigenvalue weighted by atomic mass is 16.5. The molecule has 0 spiro atoms. The van der Waals surface area contributed by atoms with Crippen molar-refractivity contribution in [1.82, 2.24) is 5.32 Å². The van der Waals surface area contributed by atoms with Gasteiger partial charge in [-0.15, -0.1) is 0 Å². The van der Waals surface area contributed by atoms with E-state index in [1.165, 1.54) is 6.08 Å². The van der Waals surface area contributed by atoms with Crippen LogP contribution < -0.4 is 5.32 Å². The Morgan fingerprint density at radius 3 is 2.56 bits per heavy atom. The third kappa shape index (κ3) is 5.99. The molecular weight excluding hydrogens is 218 g/mol. The molecule has 0 fully saturated rings. The summed E-state index contributed by atoms with van der Waals surface area (Å²) in [4.78, 5) is 21.5. The number of aliphatic hydroxyl groups excluding tert-OH is 2. The number of amides is 1. The van der Waals surface area contributed by atoms with Crippen molar-refractivity contribution in [2.75, 3.05) is 13.2 Å². The van der Waals surface area contributed by atoms with Gasteiger partial charge in [0.2, 0.25) is 0 Å². The lowest BCUT2D eigenvalue weighted by Gasteiger charge is -2.20. The second-order valence-corrected chi connectivity index (χ2v) is 2.99. The molecule has 0 rings (SSSR count). The third-order valence-corrected chi connectivity index (χ3v) is 1.68. The normalized spacial score (nSPS) is 13.6. The highest BCUT2D eigenvalue weighted by molar-refractivity contribution is 5.71. The minimum absolute atomic E-state index is 0.0269. The maximum Gasteiger partial charge on any atom is 0.407 e. The van der Waals surface area contributed by atoms with Crippen LogP contribution >= 0.6 is 0 Å². The number of ether oxygens (including phenoxy) is 1. The Hall–Kier alpha value is -1.60. The van der Waals surface area contributed by atoms with Gasteiger partial charge < -0.3 is 25.4 Å². The average Bonchev–Trinajstić information content (AvgIpc) is 2.23. The number of rotatable bonds is 7. The van der Waals surface area contributed by atoms with Crippen molar-refractivity contribution >= 4 is 12.1 Å². The van der Waals surface area contributed by atoms with Gasteiger partial charge in [-0.2, -0.15) is 0 Å². The van der Waals surface area contributed by atoms with Crippen molar-refractivity contribution < 1.29 is 29.6 Å². The van der Waals surface area contributed by atoms with Crippen molar-refractivity contribution in [3.8, 4) is 0 Å². The van der Waals surface area contributed by atoms with Crippen LogP contribution in [-0.4, -0.2) is 52.7 Å². The Morgan fingerprint density at radius 1 is 1.50 bits per heavy atom. The Morgan fingerprint density at radius 2 is 2.12 bits per heavy atom. The van der Waals surface area contributed by atoms with E-state index in [1.54, 1.807) is 0 Å². The fourth-order valence-electron chi connectivity index (χ4n) is 0.926. The SMILES string of the molecule is C=CCOC(=O)NC(CC(=O)O)C(O)CO. The van der Waals surface area contributed by atoms with E-state index < -0.39 is 37.2 Å². The molecule has 2 atom stereocenters. The van der Waals surface area contributed by atoms with Crippen LogP contribution in [-0.2, 0) is 9.53 Å². The Labute approximate surface area is 92.3 Å². The van der Waals surface area contributed by atoms with E-state index in [2.05, 4.69) is 16.6 Å². The van der Waals surface area contributed by atoms with Crippen LogP contribution in [0.15, 0.2) is 12.7 Å². The average molecular weight is 233 g/mol. The largest absolute Gasteiger partial charge is 0.481 e. The summed E-state index contributed by atoms with van der Waals surface area (Å²) < 4.78 is 4.54. The number of carbonyl (C=O) groups excluding carboxylic acids is 1. The lowest BCUT2D eigenvalue weighted by Crippen LogP contribution is -2.46. The lowest BCUT2D eigenvalue weighted by molar-refractivity contribution is -0.138. The molecule has 0 heterocycles. The Balaban J connectivity index is 4.24. The first-order valence-electron chi connectivity index (χ1n) is 4.56. The van der Waals surface area contributed by atoms with Crippen LogP contribution in [0.3, 0.4) is 0 Å². The van der Waals surface area contributed by atoms with Crippen LogP contribution in [0, 0.1) is 0 Å². The summed E-state index contributed by atoms with van der Waals surface area (Å²) >= 11 is 0. The molecule has 0 aliphatic heterocycles. The van der Waals surface area contributed by atoms with Crippen LogP contribution in [0.1, 0.15) is 6.42 Å². The molecule has 0 saturated carbocycles. The molecule has 0 aromatic carbocycles. The summed E-state index contributed by atoms with van der Waals surface area (Å²) in [5.41, 5.74) is 0. The van der Waals surface area contributed by atoms with E-state index >= 15 is 0 Å². The van der Waals surface area contributed by atoms with Gasteiger partial charge in [-0.3, -0.25) is 4.79 Å². The van der Waals surface area contributed by atoms with Crippen LogP contribution in [0.4, 0.5) is 4.79 Å². The van der Waals surface area contributed by atoms with E-state index in [1.807, 2.05) is 0 Å². The van der Waals surface area contributed by atoms with Crippen molar-refractivity contribution in [1.29, 1.82) is 0 Å². The summed E-state index contributed by atoms with van der Waals surface area (Å²) in [6.45, 7) is 2.64. The standard InChI is InChI=1S/C9H15NO6/c1-2-3-16-9(15)10-6(4-8(13)14)7(12)5-11/h2,6-7,11-12H,1,3-5H2,(H,10,15)(H,13,14). The first-order chi connectivity index (χ1) is 7.51. The first kappa shape index (κ1) is 14.4. The quantitative estimate of drug-likeness (QED) is 0.423. The molecule has 0 aliphatic rings. The number of aliphatic carboxylic acids is 1. The van der Waals surface area contributed by atoms with Gasteiger partial charge in [0.15, 0.2) is 0 Å². The fourth-order valence-corrected chi connectivity index (χ4v) is 0.926. The molecule has 0 radical (unpaired) electrons. The van der Waals surface area contributed by atoms with Crippen molar-refractivity contribution in [2.45, 2.75) is 18.6 Å². The van der Waals surface area contributed by atoms with Gasteiger partial charge in [0.25, 0.3) is 0 Å². The monoisotopic (exact) mass is 233 g/mol. The van der Waals surface area contributed by atoms with E-state index in [4.69, 9.17) is 10.2 Å². The first-order valence-corrected chi connectivity index (χ1v) is 4.56. The molecule has 7 heteroatoms. The number of nitrogens with one attached hydrogen (secondary N) is 1. The maximum atomic E-state index is 11.0. The summed E-state index contributed by atoms with van der Waals surface area (Å²) in [5.74, 6) is -1.21. The summed E-state index contributed by atoms with van der Waals surface area (Å²) in [5, 5.41) is 28.5. The van der Waals surface area contributed by atoms with Gasteiger partial charge >= 0.3 is 12.1 Å². The van der Waals surface area contributed by atoms with Crippen LogP contribution in [0.5, 0.6) is 0 Å². The summed E-state index contributed by atoms with van der Waals surface area (Å²) in [6.07, 6.45) is -1.40. The zero-order chi connectivity index (χ0) is 12.6. The molecule has 92 valence electrons. The zero-order valence-corrected chi connectivity index (χ0v) is 8.63. The minimum atomic E-state index is -1.35. The van der Waals surface area contributed by atoms with E-state index in [0.717, 1.165) is 0 Å². The van der Waals surface area contributed by atoms with Gasteiger partial charge in [-0.1, -0.05) is 12.7 Å². The van der Waals surface area contributed by atoms with Gasteiger partial charge in [0.05, 0.1) is 25.2 Å². The molecule has 4 N–H and O–H groups in total. The van der Waals surface area contributed by atoms with Crippen molar-refractivity contribution in [3.05, 3.63) is 12.7 Å². The van der Waals surface area contributed by atoms with E-state index in [9.17, 15) is 14.7 Å². The molecule has 0 aliphatic carbocycles. The van der Waals surface area contributed by atoms with Crippen LogP contribution in [0.2, 0.25) is 0 Å². The lowest BCUT2D eigenvalue weighted by atomic mass is 10.1. The number of carboxylic acids is 1. The predicted octanol–water partition coefficient (Wildman–Crippen LogP) is -0.905. The highest BCUT2D eigenvalue weighted by Crippen LogP contribution is 2.00. The predicted molar refractivity (Wildman–Crippen MR) is 53.8 cm³/mol. The summed E-state index contributed by atoms with van der Waals surface area (Å²) in [7, 11) is 0. The molecule has 1 amide bonds. The fraction of sp³-hybridized carbons (Fsp3) is 0.556. The minimum Gasteiger partial charge on any atom is -0.481 e.